The average molecular weight is 254 g/mol. The molecule has 0 saturated carbocycles. The van der Waals surface area contributed by atoms with Crippen molar-refractivity contribution in [3.05, 3.63) is 24.3 Å². The van der Waals surface area contributed by atoms with Gasteiger partial charge in [0, 0.05) is 17.8 Å². The third-order valence-electron chi connectivity index (χ3n) is 1.88. The van der Waals surface area contributed by atoms with Crippen molar-refractivity contribution < 1.29 is 24.2 Å². The van der Waals surface area contributed by atoms with E-state index in [4.69, 9.17) is 5.11 Å². The largest absolute Gasteiger partial charge is 0.479 e. The minimum atomic E-state index is -1.21. The minimum absolute atomic E-state index is 0.0864. The van der Waals surface area contributed by atoms with Gasteiger partial charge in [-0.3, -0.25) is 0 Å². The van der Waals surface area contributed by atoms with Crippen molar-refractivity contribution in [2.45, 2.75) is 0 Å². The molecule has 0 aliphatic heterocycles. The molecule has 0 bridgehead atoms. The number of carboxylic acid groups (broad SMARTS) is 1. The molecule has 2 aromatic rings. The number of pyridine rings is 1. The number of rotatable bonds is 4. The number of hydrogen-bond donors (Lipinski definition) is 2. The lowest BCUT2D eigenvalue weighted by Gasteiger charge is -1.96. The molecule has 2 rings (SSSR count). The van der Waals surface area contributed by atoms with E-state index in [9.17, 15) is 14.4 Å². The summed E-state index contributed by atoms with van der Waals surface area (Å²) in [6, 6.07) is 2.12. The number of ether oxygens (including phenoxy) is 1. The van der Waals surface area contributed by atoms with Crippen LogP contribution in [-0.4, -0.2) is 42.8 Å². The lowest BCUT2D eigenvalue weighted by molar-refractivity contribution is -0.139. The third kappa shape index (κ3) is 2.51. The summed E-state index contributed by atoms with van der Waals surface area (Å²) in [6.07, 6.45) is 1.19. The predicted molar refractivity (Wildman–Crippen MR) is 53.5 cm³/mol. The summed E-state index contributed by atoms with van der Waals surface area (Å²) in [6.45, 7) is -0.645. The first-order valence-electron chi connectivity index (χ1n) is 4.69. The zero-order valence-electron chi connectivity index (χ0n) is 8.82. The molecule has 94 valence electrons. The normalized spacial score (nSPS) is 10.3. The molecule has 18 heavy (non-hydrogen) atoms. The van der Waals surface area contributed by atoms with Gasteiger partial charge in [0.25, 0.3) is 0 Å². The topological polar surface area (TPSA) is 110 Å². The molecule has 0 atom stereocenters. The van der Waals surface area contributed by atoms with E-state index in [2.05, 4.69) is 19.8 Å². The Morgan fingerprint density at radius 3 is 3.00 bits per heavy atom. The Bertz CT molecular complexity index is 586. The number of carboxylic acids is 1. The number of hydrogen-bond acceptors (Lipinski definition) is 6. The maximum atomic E-state index is 12.9. The molecule has 0 fully saturated rings. The molecule has 8 nitrogen and oxygen atoms in total. The van der Waals surface area contributed by atoms with Crippen LogP contribution in [0.2, 0.25) is 0 Å². The fourth-order valence-electron chi connectivity index (χ4n) is 1.20. The van der Waals surface area contributed by atoms with Crippen LogP contribution in [0.4, 0.5) is 4.39 Å². The SMILES string of the molecule is O=C(O)COc1nc(-c2ccnc(F)c2)n(O)n1. The maximum absolute atomic E-state index is 12.9. The molecule has 0 aliphatic rings. The lowest BCUT2D eigenvalue weighted by Crippen LogP contribution is -2.10. The lowest BCUT2D eigenvalue weighted by atomic mass is 10.2. The van der Waals surface area contributed by atoms with Gasteiger partial charge in [0.2, 0.25) is 11.8 Å². The highest BCUT2D eigenvalue weighted by Gasteiger charge is 2.14. The highest BCUT2D eigenvalue weighted by atomic mass is 19.1. The van der Waals surface area contributed by atoms with Crippen molar-refractivity contribution in [3.63, 3.8) is 0 Å². The standard InChI is InChI=1S/C9H7FN4O4/c10-6-3-5(1-2-11-6)8-12-9(13-14(8)17)18-4-7(15)16/h1-3,17H,4H2,(H,15,16). The van der Waals surface area contributed by atoms with E-state index < -0.39 is 18.5 Å². The smallest absolute Gasteiger partial charge is 0.341 e. The Morgan fingerprint density at radius 1 is 1.56 bits per heavy atom. The quantitative estimate of drug-likeness (QED) is 0.591. The number of aromatic nitrogens is 4. The number of carbonyl (C=O) groups is 1. The molecule has 2 aromatic heterocycles. The van der Waals surface area contributed by atoms with Crippen LogP contribution < -0.4 is 4.74 Å². The number of nitrogens with zero attached hydrogens (tertiary/aromatic N) is 4. The molecule has 2 N–H and O–H groups in total. The van der Waals surface area contributed by atoms with Crippen molar-refractivity contribution in [2.24, 2.45) is 0 Å². The molecule has 0 unspecified atom stereocenters. The first-order chi connectivity index (χ1) is 8.56. The molecular weight excluding hydrogens is 247 g/mol. The van der Waals surface area contributed by atoms with Gasteiger partial charge in [0.05, 0.1) is 0 Å². The summed E-state index contributed by atoms with van der Waals surface area (Å²) in [5.74, 6) is -2.04. The molecule has 0 aromatic carbocycles. The van der Waals surface area contributed by atoms with Crippen molar-refractivity contribution >= 4 is 5.97 Å². The molecule has 0 spiro atoms. The van der Waals surface area contributed by atoms with Crippen LogP contribution in [0.25, 0.3) is 11.4 Å². The van der Waals surface area contributed by atoms with Gasteiger partial charge in [-0.25, -0.2) is 9.78 Å². The van der Waals surface area contributed by atoms with Gasteiger partial charge >= 0.3 is 12.0 Å². The van der Waals surface area contributed by atoms with E-state index in [1.54, 1.807) is 0 Å². The van der Waals surface area contributed by atoms with Crippen LogP contribution in [0, 0.1) is 5.95 Å². The van der Waals surface area contributed by atoms with Gasteiger partial charge in [-0.1, -0.05) is 9.94 Å². The summed E-state index contributed by atoms with van der Waals surface area (Å²) in [4.78, 5) is 17.7. The summed E-state index contributed by atoms with van der Waals surface area (Å²) in [5, 5.41) is 21.2. The van der Waals surface area contributed by atoms with E-state index in [0.717, 1.165) is 6.07 Å². The Kier molecular flexibility index (Phi) is 3.04. The Labute approximate surface area is 99.2 Å². The number of halogens is 1. The van der Waals surface area contributed by atoms with Crippen molar-refractivity contribution in [3.8, 4) is 17.4 Å². The second-order valence-corrected chi connectivity index (χ2v) is 3.16. The molecule has 0 radical (unpaired) electrons. The first kappa shape index (κ1) is 11.8. The zero-order chi connectivity index (χ0) is 13.1. The van der Waals surface area contributed by atoms with E-state index in [1.807, 2.05) is 0 Å². The zero-order valence-corrected chi connectivity index (χ0v) is 8.82. The molecule has 2 heterocycles. The summed E-state index contributed by atoms with van der Waals surface area (Å²) >= 11 is 0. The van der Waals surface area contributed by atoms with Gasteiger partial charge < -0.3 is 15.1 Å². The van der Waals surface area contributed by atoms with Crippen molar-refractivity contribution in [1.82, 2.24) is 19.9 Å². The second kappa shape index (κ2) is 4.65. The van der Waals surface area contributed by atoms with E-state index >= 15 is 0 Å². The third-order valence-corrected chi connectivity index (χ3v) is 1.88. The monoisotopic (exact) mass is 254 g/mol. The molecular formula is C9H7FN4O4. The van der Waals surface area contributed by atoms with Crippen molar-refractivity contribution in [2.75, 3.05) is 6.61 Å². The van der Waals surface area contributed by atoms with Gasteiger partial charge in [-0.05, 0) is 6.07 Å². The fourth-order valence-corrected chi connectivity index (χ4v) is 1.20. The highest BCUT2D eigenvalue weighted by Crippen LogP contribution is 2.18. The first-order valence-corrected chi connectivity index (χ1v) is 4.69. The molecule has 0 amide bonds. The summed E-state index contributed by atoms with van der Waals surface area (Å²) in [7, 11) is 0. The van der Waals surface area contributed by atoms with Gasteiger partial charge in [0.15, 0.2) is 6.61 Å². The molecule has 0 saturated heterocycles. The second-order valence-electron chi connectivity index (χ2n) is 3.16. The van der Waals surface area contributed by atoms with Crippen LogP contribution in [-0.2, 0) is 4.79 Å². The van der Waals surface area contributed by atoms with Crippen LogP contribution in [0.3, 0.4) is 0 Å². The van der Waals surface area contributed by atoms with Crippen LogP contribution in [0.5, 0.6) is 6.01 Å². The number of aliphatic carboxylic acids is 1. The van der Waals surface area contributed by atoms with Crippen LogP contribution in [0.1, 0.15) is 0 Å². The predicted octanol–water partition coefficient (Wildman–Crippen LogP) is 0.180. The van der Waals surface area contributed by atoms with E-state index in [0.29, 0.717) is 4.85 Å². The average Bonchev–Trinajstić information content (AvgIpc) is 2.68. The maximum Gasteiger partial charge on any atom is 0.341 e. The van der Waals surface area contributed by atoms with E-state index in [1.165, 1.54) is 12.3 Å². The van der Waals surface area contributed by atoms with Crippen molar-refractivity contribution in [1.29, 1.82) is 0 Å². The minimum Gasteiger partial charge on any atom is -0.479 e. The van der Waals surface area contributed by atoms with Crippen LogP contribution in [0.15, 0.2) is 18.3 Å². The van der Waals surface area contributed by atoms with E-state index in [-0.39, 0.29) is 17.4 Å². The Balaban J connectivity index is 2.26. The molecule has 9 heteroatoms. The van der Waals surface area contributed by atoms with Gasteiger partial charge in [0.1, 0.15) is 0 Å². The Morgan fingerprint density at radius 2 is 2.33 bits per heavy atom. The highest BCUT2D eigenvalue weighted by molar-refractivity contribution is 5.68. The van der Waals surface area contributed by atoms with Crippen LogP contribution >= 0.6 is 0 Å². The van der Waals surface area contributed by atoms with Gasteiger partial charge in [-0.15, -0.1) is 0 Å². The molecule has 0 aliphatic carbocycles. The summed E-state index contributed by atoms with van der Waals surface area (Å²) < 4.78 is 17.6. The Hall–Kier alpha value is -2.71. The fraction of sp³-hybridized carbons (Fsp3) is 0.111. The van der Waals surface area contributed by atoms with Gasteiger partial charge in [-0.2, -0.15) is 9.37 Å². The summed E-state index contributed by atoms with van der Waals surface area (Å²) in [5.41, 5.74) is 0.225.